The van der Waals surface area contributed by atoms with Crippen molar-refractivity contribution < 1.29 is 13.9 Å². The molecule has 2 aliphatic heterocycles. The number of nitrogens with one attached hydrogen (secondary N) is 1. The molecule has 2 fully saturated rings. The minimum absolute atomic E-state index is 0.0424. The van der Waals surface area contributed by atoms with Crippen LogP contribution in [0.4, 0.5) is 4.39 Å². The summed E-state index contributed by atoms with van der Waals surface area (Å²) < 4.78 is 19.8. The van der Waals surface area contributed by atoms with Crippen LogP contribution in [0.2, 0.25) is 5.02 Å². The number of hydrogen-bond acceptors (Lipinski definition) is 4. The maximum absolute atomic E-state index is 14.1. The van der Waals surface area contributed by atoms with E-state index in [1.807, 2.05) is 0 Å². The Bertz CT molecular complexity index is 727. The zero-order valence-corrected chi connectivity index (χ0v) is 18.5. The average Bonchev–Trinajstić information content (AvgIpc) is 3.25. The summed E-state index contributed by atoms with van der Waals surface area (Å²) in [5.41, 5.74) is 0.537. The minimum Gasteiger partial charge on any atom is -0.376 e. The average molecular weight is 440 g/mol. The lowest BCUT2D eigenvalue weighted by Gasteiger charge is -2.37. The molecule has 0 bridgehead atoms. The molecule has 0 aromatic heterocycles. The van der Waals surface area contributed by atoms with Crippen LogP contribution in [-0.2, 0) is 16.1 Å². The Labute approximate surface area is 182 Å². The number of hydrogen-bond donors (Lipinski definition) is 1. The van der Waals surface area contributed by atoms with Crippen molar-refractivity contribution in [1.29, 1.82) is 0 Å². The van der Waals surface area contributed by atoms with Gasteiger partial charge in [0.25, 0.3) is 0 Å². The van der Waals surface area contributed by atoms with E-state index in [4.69, 9.17) is 16.3 Å². The SMILES string of the molecule is CN(C)C(=O)CN=C(NCC1CCCO1)N1CCN(Cc2c(F)cccc2Cl)CC1. The third-order valence-corrected chi connectivity index (χ3v) is 5.84. The molecule has 1 N–H and O–H groups in total. The topological polar surface area (TPSA) is 60.4 Å². The summed E-state index contributed by atoms with van der Waals surface area (Å²) in [4.78, 5) is 22.4. The third kappa shape index (κ3) is 6.30. The van der Waals surface area contributed by atoms with Crippen molar-refractivity contribution in [2.45, 2.75) is 25.5 Å². The highest BCUT2D eigenvalue weighted by molar-refractivity contribution is 6.31. The molecule has 2 heterocycles. The number of aliphatic imine (C=N–C) groups is 1. The Morgan fingerprint density at radius 1 is 1.33 bits per heavy atom. The Hall–Kier alpha value is -1.90. The van der Waals surface area contributed by atoms with E-state index in [9.17, 15) is 9.18 Å². The van der Waals surface area contributed by atoms with E-state index in [1.54, 1.807) is 26.2 Å². The molecule has 9 heteroatoms. The van der Waals surface area contributed by atoms with Gasteiger partial charge in [0.1, 0.15) is 12.4 Å². The van der Waals surface area contributed by atoms with Gasteiger partial charge in [-0.25, -0.2) is 9.38 Å². The summed E-state index contributed by atoms with van der Waals surface area (Å²) in [6.45, 7) is 5.05. The lowest BCUT2D eigenvalue weighted by Crippen LogP contribution is -2.53. The molecule has 0 spiro atoms. The predicted molar refractivity (Wildman–Crippen MR) is 116 cm³/mol. The first-order chi connectivity index (χ1) is 14.4. The molecule has 166 valence electrons. The molecular formula is C21H31ClFN5O2. The molecule has 1 atom stereocenters. The van der Waals surface area contributed by atoms with Crippen LogP contribution < -0.4 is 5.32 Å². The van der Waals surface area contributed by atoms with Gasteiger partial charge in [-0.2, -0.15) is 0 Å². The van der Waals surface area contributed by atoms with Crippen LogP contribution in [0, 0.1) is 5.82 Å². The van der Waals surface area contributed by atoms with Crippen molar-refractivity contribution in [2.24, 2.45) is 4.99 Å². The molecule has 30 heavy (non-hydrogen) atoms. The first-order valence-electron chi connectivity index (χ1n) is 10.4. The number of guanidine groups is 1. The zero-order valence-electron chi connectivity index (χ0n) is 17.7. The minimum atomic E-state index is -0.271. The summed E-state index contributed by atoms with van der Waals surface area (Å²) in [5, 5.41) is 3.85. The molecule has 3 rings (SSSR count). The van der Waals surface area contributed by atoms with Crippen LogP contribution in [0.1, 0.15) is 18.4 Å². The lowest BCUT2D eigenvalue weighted by molar-refractivity contribution is -0.127. The number of piperazine rings is 1. The van der Waals surface area contributed by atoms with Gasteiger partial charge in [0.15, 0.2) is 5.96 Å². The first kappa shape index (κ1) is 22.8. The van der Waals surface area contributed by atoms with Crippen LogP contribution >= 0.6 is 11.6 Å². The van der Waals surface area contributed by atoms with Crippen molar-refractivity contribution in [3.63, 3.8) is 0 Å². The summed E-state index contributed by atoms with van der Waals surface area (Å²) in [7, 11) is 3.45. The van der Waals surface area contributed by atoms with Gasteiger partial charge in [-0.3, -0.25) is 9.69 Å². The number of nitrogens with zero attached hydrogens (tertiary/aromatic N) is 4. The molecule has 0 saturated carbocycles. The second-order valence-corrected chi connectivity index (χ2v) is 8.31. The molecule has 0 radical (unpaired) electrons. The van der Waals surface area contributed by atoms with E-state index in [-0.39, 0.29) is 24.4 Å². The van der Waals surface area contributed by atoms with Crippen molar-refractivity contribution >= 4 is 23.5 Å². The predicted octanol–water partition coefficient (Wildman–Crippen LogP) is 1.81. The molecule has 0 aliphatic carbocycles. The Balaban J connectivity index is 1.58. The smallest absolute Gasteiger partial charge is 0.243 e. The number of amides is 1. The Morgan fingerprint density at radius 2 is 2.10 bits per heavy atom. The van der Waals surface area contributed by atoms with Crippen molar-refractivity contribution in [3.05, 3.63) is 34.6 Å². The largest absolute Gasteiger partial charge is 0.376 e. The van der Waals surface area contributed by atoms with E-state index in [0.717, 1.165) is 51.6 Å². The number of carbonyl (C=O) groups is 1. The van der Waals surface area contributed by atoms with Gasteiger partial charge in [-0.05, 0) is 25.0 Å². The highest BCUT2D eigenvalue weighted by atomic mass is 35.5. The van der Waals surface area contributed by atoms with Crippen LogP contribution in [0.25, 0.3) is 0 Å². The normalized spacial score (nSPS) is 20.5. The quantitative estimate of drug-likeness (QED) is 0.541. The summed E-state index contributed by atoms with van der Waals surface area (Å²) in [5.74, 6) is 0.413. The monoisotopic (exact) mass is 439 g/mol. The van der Waals surface area contributed by atoms with E-state index in [1.165, 1.54) is 11.0 Å². The number of likely N-dealkylation sites (N-methyl/N-ethyl adjacent to an activating group) is 1. The standard InChI is InChI=1S/C21H31ClFN5O2/c1-26(2)20(29)14-25-21(24-13-16-5-4-12-30-16)28-10-8-27(9-11-28)15-17-18(22)6-3-7-19(17)23/h3,6-7,16H,4-5,8-15H2,1-2H3,(H,24,25). The van der Waals surface area contributed by atoms with Gasteiger partial charge >= 0.3 is 0 Å². The van der Waals surface area contributed by atoms with Gasteiger partial charge in [-0.15, -0.1) is 0 Å². The third-order valence-electron chi connectivity index (χ3n) is 5.49. The molecule has 2 saturated heterocycles. The molecule has 1 aromatic carbocycles. The summed E-state index contributed by atoms with van der Waals surface area (Å²) >= 11 is 6.17. The lowest BCUT2D eigenvalue weighted by atomic mass is 10.2. The van der Waals surface area contributed by atoms with Crippen LogP contribution in [0.5, 0.6) is 0 Å². The molecule has 1 unspecified atom stereocenters. The van der Waals surface area contributed by atoms with E-state index >= 15 is 0 Å². The van der Waals surface area contributed by atoms with Crippen LogP contribution in [0.15, 0.2) is 23.2 Å². The van der Waals surface area contributed by atoms with Gasteiger partial charge in [0.05, 0.1) is 6.10 Å². The van der Waals surface area contributed by atoms with E-state index in [2.05, 4.69) is 20.1 Å². The fourth-order valence-electron chi connectivity index (χ4n) is 3.59. The number of halogens is 2. The van der Waals surface area contributed by atoms with Gasteiger partial charge in [0, 0.05) is 70.6 Å². The number of carbonyl (C=O) groups excluding carboxylic acids is 1. The molecule has 1 amide bonds. The molecular weight excluding hydrogens is 409 g/mol. The number of rotatable bonds is 6. The second-order valence-electron chi connectivity index (χ2n) is 7.91. The van der Waals surface area contributed by atoms with Crippen LogP contribution in [-0.4, -0.2) is 92.6 Å². The van der Waals surface area contributed by atoms with E-state index < -0.39 is 0 Å². The van der Waals surface area contributed by atoms with Crippen molar-refractivity contribution in [2.75, 3.05) is 60.0 Å². The summed E-state index contributed by atoms with van der Waals surface area (Å²) in [6, 6.07) is 4.79. The molecule has 7 nitrogen and oxygen atoms in total. The fraction of sp³-hybridized carbons (Fsp3) is 0.619. The maximum Gasteiger partial charge on any atom is 0.243 e. The number of benzene rings is 1. The van der Waals surface area contributed by atoms with Crippen molar-refractivity contribution in [1.82, 2.24) is 20.0 Å². The highest BCUT2D eigenvalue weighted by Crippen LogP contribution is 2.21. The van der Waals surface area contributed by atoms with Gasteiger partial charge < -0.3 is 19.9 Å². The second kappa shape index (κ2) is 10.9. The Kier molecular flexibility index (Phi) is 8.30. The van der Waals surface area contributed by atoms with Gasteiger partial charge in [-0.1, -0.05) is 17.7 Å². The van der Waals surface area contributed by atoms with Crippen LogP contribution in [0.3, 0.4) is 0 Å². The van der Waals surface area contributed by atoms with E-state index in [0.29, 0.717) is 23.7 Å². The molecule has 2 aliphatic rings. The first-order valence-corrected chi connectivity index (χ1v) is 10.8. The highest BCUT2D eigenvalue weighted by Gasteiger charge is 2.23. The maximum atomic E-state index is 14.1. The number of ether oxygens (including phenoxy) is 1. The molecule has 1 aromatic rings. The fourth-order valence-corrected chi connectivity index (χ4v) is 3.81. The zero-order chi connectivity index (χ0) is 21.5. The Morgan fingerprint density at radius 3 is 2.73 bits per heavy atom. The van der Waals surface area contributed by atoms with Crippen molar-refractivity contribution in [3.8, 4) is 0 Å². The van der Waals surface area contributed by atoms with Gasteiger partial charge in [0.2, 0.25) is 5.91 Å². The summed E-state index contributed by atoms with van der Waals surface area (Å²) in [6.07, 6.45) is 2.30.